The summed E-state index contributed by atoms with van der Waals surface area (Å²) in [6, 6.07) is 12.9. The Hall–Kier alpha value is -2.28. The normalized spacial score (nSPS) is 28.6. The highest BCUT2D eigenvalue weighted by Crippen LogP contribution is 2.65. The predicted molar refractivity (Wildman–Crippen MR) is 162 cm³/mol. The summed E-state index contributed by atoms with van der Waals surface area (Å²) >= 11 is 6.97. The second-order valence-electron chi connectivity index (χ2n) is 12.5. The van der Waals surface area contributed by atoms with Crippen LogP contribution in [0.15, 0.2) is 36.4 Å². The smallest absolute Gasteiger partial charge is 0.303 e. The molecular weight excluding hydrogens is 538 g/mol. The first-order valence-electron chi connectivity index (χ1n) is 15.6. The number of benzene rings is 2. The van der Waals surface area contributed by atoms with Crippen LogP contribution in [-0.2, 0) is 11.2 Å². The zero-order valence-corrected chi connectivity index (χ0v) is 25.5. The summed E-state index contributed by atoms with van der Waals surface area (Å²) in [5.74, 6) is 2.32. The lowest BCUT2D eigenvalue weighted by Gasteiger charge is -2.54. The van der Waals surface area contributed by atoms with Gasteiger partial charge in [-0.15, -0.1) is 0 Å². The lowest BCUT2D eigenvalue weighted by atomic mass is 9.51. The monoisotopic (exact) mass is 583 g/mol. The lowest BCUT2D eigenvalue weighted by molar-refractivity contribution is -0.137. The van der Waals surface area contributed by atoms with E-state index in [0.717, 1.165) is 57.5 Å². The van der Waals surface area contributed by atoms with E-state index in [1.807, 2.05) is 6.07 Å². The maximum Gasteiger partial charge on any atom is 0.303 e. The summed E-state index contributed by atoms with van der Waals surface area (Å²) in [4.78, 5) is 13.2. The van der Waals surface area contributed by atoms with Crippen molar-refractivity contribution in [2.24, 2.45) is 17.3 Å². The topological polar surface area (TPSA) is 79.2 Å². The van der Waals surface area contributed by atoms with Crippen molar-refractivity contribution in [1.29, 1.82) is 0 Å². The van der Waals surface area contributed by atoms with Crippen molar-refractivity contribution in [2.75, 3.05) is 32.8 Å². The molecule has 0 spiro atoms. The van der Waals surface area contributed by atoms with Crippen LogP contribution >= 0.6 is 11.6 Å². The zero-order chi connectivity index (χ0) is 29.1. The van der Waals surface area contributed by atoms with Crippen LogP contribution in [0.1, 0.15) is 87.8 Å². The van der Waals surface area contributed by atoms with E-state index in [0.29, 0.717) is 48.2 Å². The second-order valence-corrected chi connectivity index (χ2v) is 12.9. The van der Waals surface area contributed by atoms with Crippen LogP contribution in [0.5, 0.6) is 11.5 Å². The van der Waals surface area contributed by atoms with Gasteiger partial charge in [0.05, 0.1) is 17.7 Å². The van der Waals surface area contributed by atoms with Gasteiger partial charge in [0.15, 0.2) is 0 Å². The number of aliphatic hydroxyl groups is 1. The number of fused-ring (bicyclic) bond motifs is 5. The van der Waals surface area contributed by atoms with Crippen molar-refractivity contribution >= 4 is 17.6 Å². The number of carboxylic acids is 1. The van der Waals surface area contributed by atoms with E-state index >= 15 is 0 Å². The molecule has 2 fully saturated rings. The summed E-state index contributed by atoms with van der Waals surface area (Å²) in [5, 5.41) is 20.8. The molecule has 0 bridgehead atoms. The van der Waals surface area contributed by atoms with Crippen molar-refractivity contribution in [3.05, 3.63) is 58.1 Å². The van der Waals surface area contributed by atoms with E-state index in [1.165, 1.54) is 16.7 Å². The minimum absolute atomic E-state index is 0.0831. The summed E-state index contributed by atoms with van der Waals surface area (Å²) in [5.41, 5.74) is 3.70. The maximum atomic E-state index is 11.2. The summed E-state index contributed by atoms with van der Waals surface area (Å²) in [6.07, 6.45) is 5.14. The fourth-order valence-corrected chi connectivity index (χ4v) is 8.51. The van der Waals surface area contributed by atoms with Crippen molar-refractivity contribution in [1.82, 2.24) is 4.90 Å². The van der Waals surface area contributed by atoms with Crippen LogP contribution in [-0.4, -0.2) is 60.0 Å². The maximum absolute atomic E-state index is 11.2. The molecule has 2 aromatic rings. The summed E-state index contributed by atoms with van der Waals surface area (Å²) < 4.78 is 12.0. The van der Waals surface area contributed by atoms with Gasteiger partial charge in [-0.05, 0) is 116 Å². The predicted octanol–water partition coefficient (Wildman–Crippen LogP) is 6.91. The van der Waals surface area contributed by atoms with Gasteiger partial charge in [-0.1, -0.05) is 50.6 Å². The summed E-state index contributed by atoms with van der Waals surface area (Å²) in [7, 11) is 0. The molecule has 0 heterocycles. The number of hydrogen-bond acceptors (Lipinski definition) is 5. The fraction of sp³-hybridized carbons (Fsp3) is 0.618. The molecule has 5 rings (SSSR count). The third-order valence-electron chi connectivity index (χ3n) is 10.4. The van der Waals surface area contributed by atoms with E-state index in [-0.39, 0.29) is 23.9 Å². The average molecular weight is 584 g/mol. The van der Waals surface area contributed by atoms with Gasteiger partial charge in [-0.2, -0.15) is 0 Å². The molecule has 0 aromatic heterocycles. The Morgan fingerprint density at radius 2 is 1.80 bits per heavy atom. The number of ether oxygens (including phenoxy) is 2. The molecule has 3 aliphatic carbocycles. The molecule has 2 N–H and O–H groups in total. The molecule has 6 atom stereocenters. The number of rotatable bonds is 12. The van der Waals surface area contributed by atoms with E-state index < -0.39 is 5.97 Å². The molecular formula is C34H46ClNO5. The fourth-order valence-electron chi connectivity index (χ4n) is 8.19. The van der Waals surface area contributed by atoms with Crippen LogP contribution in [0.4, 0.5) is 0 Å². The van der Waals surface area contributed by atoms with Crippen LogP contribution in [0.25, 0.3) is 0 Å². The third kappa shape index (κ3) is 6.11. The average Bonchev–Trinajstić information content (AvgIpc) is 3.27. The molecule has 3 unspecified atom stereocenters. The molecule has 0 aliphatic heterocycles. The first kappa shape index (κ1) is 30.2. The number of carboxylic acid groups (broad SMARTS) is 1. The van der Waals surface area contributed by atoms with Gasteiger partial charge in [-0.25, -0.2) is 0 Å². The Balaban J connectivity index is 1.41. The van der Waals surface area contributed by atoms with Crippen LogP contribution < -0.4 is 9.47 Å². The van der Waals surface area contributed by atoms with Gasteiger partial charge in [-0.3, -0.25) is 4.79 Å². The Bertz CT molecular complexity index is 1200. The molecule has 0 amide bonds. The molecule has 0 radical (unpaired) electrons. The summed E-state index contributed by atoms with van der Waals surface area (Å²) in [6.45, 7) is 10.6. The number of hydrogen-bond donors (Lipinski definition) is 2. The Morgan fingerprint density at radius 3 is 2.51 bits per heavy atom. The SMILES string of the molecule is CCN(CC)CCOc1ccc([C@H]2C[C@@]3(C)C(CC[C@@H]3O)C3CCc4c(ccc(OCCCC(=O)O)c4Cl)C32)cc1. The Kier molecular flexibility index (Phi) is 9.52. The van der Waals surface area contributed by atoms with Gasteiger partial charge in [0.2, 0.25) is 0 Å². The molecule has 41 heavy (non-hydrogen) atoms. The highest BCUT2D eigenvalue weighted by atomic mass is 35.5. The lowest BCUT2D eigenvalue weighted by Crippen LogP contribution is -2.47. The minimum Gasteiger partial charge on any atom is -0.492 e. The number of nitrogens with zero attached hydrogens (tertiary/aromatic N) is 1. The van der Waals surface area contributed by atoms with Crippen LogP contribution in [0.2, 0.25) is 5.02 Å². The first-order chi connectivity index (χ1) is 19.8. The number of likely N-dealkylation sites (N-methyl/N-ethyl adjacent to an activating group) is 1. The largest absolute Gasteiger partial charge is 0.492 e. The molecule has 2 saturated carbocycles. The van der Waals surface area contributed by atoms with Crippen LogP contribution in [0, 0.1) is 17.3 Å². The van der Waals surface area contributed by atoms with Crippen molar-refractivity contribution in [2.45, 2.75) is 83.7 Å². The molecule has 3 aliphatic rings. The highest BCUT2D eigenvalue weighted by molar-refractivity contribution is 6.33. The first-order valence-corrected chi connectivity index (χ1v) is 15.9. The van der Waals surface area contributed by atoms with E-state index in [1.54, 1.807) is 0 Å². The van der Waals surface area contributed by atoms with Crippen molar-refractivity contribution in [3.63, 3.8) is 0 Å². The van der Waals surface area contributed by atoms with Crippen molar-refractivity contribution < 1.29 is 24.5 Å². The molecule has 0 saturated heterocycles. The highest BCUT2D eigenvalue weighted by Gasteiger charge is 2.58. The second kappa shape index (κ2) is 12.9. The number of carbonyl (C=O) groups is 1. The van der Waals surface area contributed by atoms with Crippen molar-refractivity contribution in [3.8, 4) is 11.5 Å². The Morgan fingerprint density at radius 1 is 1.05 bits per heavy atom. The van der Waals surface area contributed by atoms with Crippen LogP contribution in [0.3, 0.4) is 0 Å². The van der Waals surface area contributed by atoms with Gasteiger partial charge < -0.3 is 24.6 Å². The zero-order valence-electron chi connectivity index (χ0n) is 24.8. The minimum atomic E-state index is -0.817. The number of halogens is 1. The Labute approximate surface area is 250 Å². The molecule has 6 nitrogen and oxygen atoms in total. The van der Waals surface area contributed by atoms with E-state index in [4.69, 9.17) is 26.2 Å². The quantitative estimate of drug-likeness (QED) is 0.264. The number of aliphatic hydroxyl groups excluding tert-OH is 1. The standard InChI is InChI=1S/C34H46ClNO5/c1-4-36(5-2)18-20-40-23-10-8-22(9-11-23)27-21-34(3)28(15-17-30(34)37)26-13-12-25-24(32(26)27)14-16-29(33(25)35)41-19-6-7-31(38)39/h8-11,14,16,26-28,30,32,37H,4-7,12-13,15,17-21H2,1-3H3,(H,38,39)/t26?,27-,28?,30+,32?,34+/m1/s1. The van der Waals surface area contributed by atoms with E-state index in [9.17, 15) is 9.90 Å². The molecule has 7 heteroatoms. The third-order valence-corrected chi connectivity index (χ3v) is 10.8. The van der Waals surface area contributed by atoms with Gasteiger partial charge in [0.25, 0.3) is 0 Å². The van der Waals surface area contributed by atoms with Gasteiger partial charge >= 0.3 is 5.97 Å². The van der Waals surface area contributed by atoms with Gasteiger partial charge in [0.1, 0.15) is 18.1 Å². The molecule has 224 valence electrons. The molecule has 2 aromatic carbocycles. The number of aliphatic carboxylic acids is 1. The van der Waals surface area contributed by atoms with E-state index in [2.05, 4.69) is 56.0 Å². The van der Waals surface area contributed by atoms with Gasteiger partial charge in [0, 0.05) is 13.0 Å².